The van der Waals surface area contributed by atoms with Gasteiger partial charge in [0, 0.05) is 17.8 Å². The fourth-order valence-electron chi connectivity index (χ4n) is 2.88. The minimum Gasteiger partial charge on any atom is -0.494 e. The van der Waals surface area contributed by atoms with Gasteiger partial charge in [-0.15, -0.1) is 0 Å². The Hall–Kier alpha value is -2.76. The zero-order valence-electron chi connectivity index (χ0n) is 14.6. The average Bonchev–Trinajstić information content (AvgIpc) is 3.45. The molecular weight excluding hydrogens is 367 g/mol. The molecule has 3 aromatic rings. The molecule has 0 aliphatic heterocycles. The van der Waals surface area contributed by atoms with Crippen LogP contribution in [-0.2, 0) is 10.7 Å². The number of nitrogens with zero attached hydrogens (tertiary/aromatic N) is 3. The summed E-state index contributed by atoms with van der Waals surface area (Å²) >= 11 is 1.08. The lowest BCUT2D eigenvalue weighted by atomic mass is 10.1. The van der Waals surface area contributed by atoms with Crippen molar-refractivity contribution in [3.05, 3.63) is 53.6 Å². The van der Waals surface area contributed by atoms with Crippen LogP contribution in [0, 0.1) is 17.1 Å². The summed E-state index contributed by atoms with van der Waals surface area (Å²) < 4.78 is 26.7. The van der Waals surface area contributed by atoms with Crippen LogP contribution in [0.15, 0.2) is 41.7 Å². The molecule has 1 fully saturated rings. The van der Waals surface area contributed by atoms with Crippen LogP contribution in [0.3, 0.4) is 0 Å². The highest BCUT2D eigenvalue weighted by Crippen LogP contribution is 2.40. The van der Waals surface area contributed by atoms with Crippen molar-refractivity contribution in [2.24, 2.45) is 0 Å². The predicted octanol–water partition coefficient (Wildman–Crippen LogP) is 4.48. The lowest BCUT2D eigenvalue weighted by molar-refractivity contribution is 0.404. The second kappa shape index (κ2) is 7.47. The molecule has 1 aromatic carbocycles. The average molecular weight is 384 g/mol. The van der Waals surface area contributed by atoms with E-state index >= 15 is 0 Å². The molecule has 0 radical (unpaired) electrons. The molecule has 2 heterocycles. The number of ether oxygens (including phenoxy) is 1. The number of fused-ring (bicyclic) bond motifs is 1. The Labute approximate surface area is 160 Å². The Balaban J connectivity index is 1.46. The van der Waals surface area contributed by atoms with Crippen molar-refractivity contribution in [2.45, 2.75) is 30.2 Å². The predicted molar refractivity (Wildman–Crippen MR) is 100 cm³/mol. The van der Waals surface area contributed by atoms with E-state index in [1.54, 1.807) is 6.20 Å². The second-order valence-corrected chi connectivity index (χ2v) is 7.06. The van der Waals surface area contributed by atoms with Crippen LogP contribution >= 0.6 is 12.0 Å². The molecule has 0 unspecified atom stereocenters. The highest BCUT2D eigenvalue weighted by molar-refractivity contribution is 7.94. The maximum Gasteiger partial charge on any atom is 0.144 e. The monoisotopic (exact) mass is 384 g/mol. The number of aromatic nitrogens is 2. The van der Waals surface area contributed by atoms with Gasteiger partial charge in [-0.25, -0.2) is 14.9 Å². The van der Waals surface area contributed by atoms with Gasteiger partial charge in [0.05, 0.1) is 37.8 Å². The molecule has 0 spiro atoms. The van der Waals surface area contributed by atoms with Crippen molar-refractivity contribution in [1.29, 1.82) is 5.26 Å². The summed E-state index contributed by atoms with van der Waals surface area (Å²) in [7, 11) is 1.48. The Morgan fingerprint density at radius 1 is 1.41 bits per heavy atom. The van der Waals surface area contributed by atoms with Crippen molar-refractivity contribution in [1.82, 2.24) is 9.38 Å². The molecule has 138 valence electrons. The molecule has 0 saturated heterocycles. The topological polar surface area (TPSA) is 71.6 Å². The third-order valence-electron chi connectivity index (χ3n) is 4.47. The number of nitrogens with one attached hydrogen (secondary N) is 1. The summed E-state index contributed by atoms with van der Waals surface area (Å²) in [6, 6.07) is 8.88. The van der Waals surface area contributed by atoms with E-state index in [0.717, 1.165) is 22.7 Å². The van der Waals surface area contributed by atoms with Crippen LogP contribution in [0.1, 0.15) is 29.9 Å². The number of rotatable bonds is 7. The van der Waals surface area contributed by atoms with Crippen molar-refractivity contribution in [2.75, 3.05) is 12.6 Å². The van der Waals surface area contributed by atoms with Crippen LogP contribution in [0.25, 0.3) is 5.65 Å². The largest absolute Gasteiger partial charge is 0.494 e. The zero-order chi connectivity index (χ0) is 18.8. The number of hydrogen-bond acceptors (Lipinski definition) is 6. The van der Waals surface area contributed by atoms with Crippen LogP contribution in [0.5, 0.6) is 5.75 Å². The fraction of sp³-hybridized carbons (Fsp3) is 0.263. The third-order valence-corrected chi connectivity index (χ3v) is 5.11. The first-order chi connectivity index (χ1) is 13.2. The molecule has 0 atom stereocenters. The van der Waals surface area contributed by atoms with Crippen LogP contribution < -0.4 is 10.2 Å². The molecule has 2 aromatic heterocycles. The first-order valence-corrected chi connectivity index (χ1v) is 9.23. The van der Waals surface area contributed by atoms with E-state index < -0.39 is 5.82 Å². The quantitative estimate of drug-likeness (QED) is 0.478. The lowest BCUT2D eigenvalue weighted by Crippen LogP contribution is -2.01. The summed E-state index contributed by atoms with van der Waals surface area (Å²) in [6.45, 7) is 0. The smallest absolute Gasteiger partial charge is 0.144 e. The van der Waals surface area contributed by atoms with Gasteiger partial charge in [-0.3, -0.25) is 4.40 Å². The van der Waals surface area contributed by atoms with Gasteiger partial charge in [0.2, 0.25) is 0 Å². The minimum absolute atomic E-state index is 0.0251. The van der Waals surface area contributed by atoms with Crippen molar-refractivity contribution in [3.63, 3.8) is 0 Å². The van der Waals surface area contributed by atoms with Crippen molar-refractivity contribution in [3.8, 4) is 11.8 Å². The van der Waals surface area contributed by atoms with Crippen molar-refractivity contribution >= 4 is 23.4 Å². The van der Waals surface area contributed by atoms with Gasteiger partial charge < -0.3 is 4.74 Å². The number of hydrogen-bond donors (Lipinski definition) is 1. The summed E-state index contributed by atoms with van der Waals surface area (Å²) in [5.41, 5.74) is 5.50. The molecule has 0 amide bonds. The number of imidazole rings is 1. The zero-order valence-corrected chi connectivity index (χ0v) is 15.4. The standard InChI is InChI=1S/C19H17FN4O2S/c1-25-17-8-14(4-6-21)15(20)10-16(17)23-26-27-19-11-22-18-9-13(12-2-3-12)5-7-24(18)19/h5,7-12,23H,2-4H2,1H3. The normalized spacial score (nSPS) is 13.5. The first kappa shape index (κ1) is 17.6. The molecule has 4 rings (SSSR count). The first-order valence-electron chi connectivity index (χ1n) is 8.49. The molecular formula is C19H17FN4O2S. The molecule has 1 aliphatic rings. The fourth-order valence-corrected chi connectivity index (χ4v) is 3.43. The molecule has 1 saturated carbocycles. The number of pyridine rings is 1. The maximum atomic E-state index is 14.0. The minimum atomic E-state index is -0.490. The molecule has 8 heteroatoms. The van der Waals surface area contributed by atoms with E-state index in [2.05, 4.69) is 22.6 Å². The molecule has 1 aliphatic carbocycles. The maximum absolute atomic E-state index is 14.0. The van der Waals surface area contributed by atoms with Gasteiger partial charge in [0.1, 0.15) is 27.9 Å². The van der Waals surface area contributed by atoms with Gasteiger partial charge in [-0.05, 0) is 42.5 Å². The molecule has 1 N–H and O–H groups in total. The Bertz CT molecular complexity index is 1030. The second-order valence-electron chi connectivity index (χ2n) is 6.31. The Morgan fingerprint density at radius 2 is 2.26 bits per heavy atom. The van der Waals surface area contributed by atoms with E-state index in [4.69, 9.17) is 14.3 Å². The van der Waals surface area contributed by atoms with E-state index in [-0.39, 0.29) is 12.0 Å². The van der Waals surface area contributed by atoms with Gasteiger partial charge in [0.15, 0.2) is 0 Å². The summed E-state index contributed by atoms with van der Waals surface area (Å²) in [6.07, 6.45) is 6.18. The Kier molecular flexibility index (Phi) is 4.88. The lowest BCUT2D eigenvalue weighted by Gasteiger charge is -2.12. The summed E-state index contributed by atoms with van der Waals surface area (Å²) in [5, 5.41) is 9.54. The molecule has 0 bridgehead atoms. The molecule has 6 nitrogen and oxygen atoms in total. The Morgan fingerprint density at radius 3 is 3.00 bits per heavy atom. The van der Waals surface area contributed by atoms with E-state index in [0.29, 0.717) is 17.4 Å². The number of halogens is 1. The molecule has 27 heavy (non-hydrogen) atoms. The number of nitriles is 1. The van der Waals surface area contributed by atoms with Crippen molar-refractivity contribution < 1.29 is 13.4 Å². The van der Waals surface area contributed by atoms with Gasteiger partial charge >= 0.3 is 0 Å². The summed E-state index contributed by atoms with van der Waals surface area (Å²) in [4.78, 5) is 4.41. The number of benzene rings is 1. The van der Waals surface area contributed by atoms with Gasteiger partial charge in [-0.1, -0.05) is 0 Å². The number of methoxy groups -OCH3 is 1. The van der Waals surface area contributed by atoms with Crippen LogP contribution in [0.2, 0.25) is 0 Å². The number of anilines is 1. The van der Waals surface area contributed by atoms with E-state index in [1.807, 2.05) is 16.7 Å². The van der Waals surface area contributed by atoms with Crippen LogP contribution in [0.4, 0.5) is 10.1 Å². The highest BCUT2D eigenvalue weighted by atomic mass is 32.2. The van der Waals surface area contributed by atoms with Gasteiger partial charge in [0.25, 0.3) is 0 Å². The third kappa shape index (κ3) is 3.70. The van der Waals surface area contributed by atoms with Gasteiger partial charge in [-0.2, -0.15) is 9.55 Å². The summed E-state index contributed by atoms with van der Waals surface area (Å²) in [5.74, 6) is 0.581. The van der Waals surface area contributed by atoms with E-state index in [9.17, 15) is 4.39 Å². The van der Waals surface area contributed by atoms with E-state index in [1.165, 1.54) is 37.6 Å². The highest BCUT2D eigenvalue weighted by Gasteiger charge is 2.24. The SMILES string of the molecule is COc1cc(CC#N)c(F)cc1NOSc1cnc2cc(C3CC3)ccn12. The van der Waals surface area contributed by atoms with Crippen LogP contribution in [-0.4, -0.2) is 16.5 Å².